The third-order valence-electron chi connectivity index (χ3n) is 4.62. The molecular formula is C26H28FN3O4. The Bertz CT molecular complexity index is 1100. The molecule has 8 heteroatoms. The smallest absolute Gasteiger partial charge is 0.408 e. The van der Waals surface area contributed by atoms with Crippen LogP contribution in [0.1, 0.15) is 31.9 Å². The molecule has 0 saturated carbocycles. The molecule has 1 aromatic heterocycles. The van der Waals surface area contributed by atoms with Crippen molar-refractivity contribution in [1.29, 1.82) is 0 Å². The topological polar surface area (TPSA) is 89.5 Å². The first-order valence-corrected chi connectivity index (χ1v) is 10.9. The lowest BCUT2D eigenvalue weighted by molar-refractivity contribution is -0.123. The Kier molecular flexibility index (Phi) is 8.19. The molecule has 0 spiro atoms. The second-order valence-corrected chi connectivity index (χ2v) is 8.66. The van der Waals surface area contributed by atoms with Crippen molar-refractivity contribution in [1.82, 2.24) is 15.6 Å². The molecule has 0 fully saturated rings. The van der Waals surface area contributed by atoms with E-state index in [0.717, 1.165) is 5.56 Å². The molecule has 2 aromatic carbocycles. The number of aromatic nitrogens is 1. The van der Waals surface area contributed by atoms with E-state index in [1.807, 2.05) is 30.3 Å². The zero-order valence-electron chi connectivity index (χ0n) is 19.4. The van der Waals surface area contributed by atoms with Crippen molar-refractivity contribution in [3.05, 3.63) is 90.0 Å². The standard InChI is InChI=1S/C26H28FN3O4/c1-26(2,3)34-25(32)30-22(15-18-8-5-4-6-9-18)24(31)29-16-19-11-12-23(21(27)14-19)33-20-10-7-13-28-17-20/h4-14,17,22H,15-16H2,1-3H3,(H,29,31)(H,30,32). The number of alkyl carbamates (subject to hydrolysis) is 1. The molecule has 2 N–H and O–H groups in total. The first kappa shape index (κ1) is 24.7. The van der Waals surface area contributed by atoms with Crippen LogP contribution in [0.2, 0.25) is 0 Å². The van der Waals surface area contributed by atoms with Gasteiger partial charge in [0.25, 0.3) is 0 Å². The summed E-state index contributed by atoms with van der Waals surface area (Å²) in [5.41, 5.74) is 0.719. The second kappa shape index (κ2) is 11.3. The maximum Gasteiger partial charge on any atom is 0.408 e. The summed E-state index contributed by atoms with van der Waals surface area (Å²) in [6, 6.07) is 16.3. The fraction of sp³-hybridized carbons (Fsp3) is 0.269. The SMILES string of the molecule is CC(C)(C)OC(=O)NC(Cc1ccccc1)C(=O)NCc1ccc(Oc2cccnc2)c(F)c1. The number of halogens is 1. The number of carbonyl (C=O) groups excluding carboxylic acids is 2. The molecule has 0 radical (unpaired) electrons. The van der Waals surface area contributed by atoms with Crippen LogP contribution in [-0.4, -0.2) is 28.6 Å². The van der Waals surface area contributed by atoms with Crippen molar-refractivity contribution >= 4 is 12.0 Å². The molecule has 7 nitrogen and oxygen atoms in total. The lowest BCUT2D eigenvalue weighted by Gasteiger charge is -2.23. The number of hydrogen-bond donors (Lipinski definition) is 2. The summed E-state index contributed by atoms with van der Waals surface area (Å²) in [5.74, 6) is -0.509. The van der Waals surface area contributed by atoms with Gasteiger partial charge < -0.3 is 20.1 Å². The monoisotopic (exact) mass is 465 g/mol. The van der Waals surface area contributed by atoms with E-state index < -0.39 is 29.5 Å². The highest BCUT2D eigenvalue weighted by Crippen LogP contribution is 2.24. The number of benzene rings is 2. The molecule has 0 aliphatic carbocycles. The first-order chi connectivity index (χ1) is 16.2. The minimum absolute atomic E-state index is 0.0524. The Morgan fingerprint density at radius 2 is 1.79 bits per heavy atom. The van der Waals surface area contributed by atoms with Crippen LogP contribution in [0, 0.1) is 5.82 Å². The highest BCUT2D eigenvalue weighted by atomic mass is 19.1. The largest absolute Gasteiger partial charge is 0.453 e. The number of nitrogens with one attached hydrogen (secondary N) is 2. The van der Waals surface area contributed by atoms with Crippen LogP contribution in [0.4, 0.5) is 9.18 Å². The summed E-state index contributed by atoms with van der Waals surface area (Å²) in [5, 5.41) is 5.39. The predicted octanol–water partition coefficient (Wildman–Crippen LogP) is 4.77. The molecule has 1 unspecified atom stereocenters. The predicted molar refractivity (Wildman–Crippen MR) is 126 cm³/mol. The van der Waals surface area contributed by atoms with Gasteiger partial charge in [-0.15, -0.1) is 0 Å². The lowest BCUT2D eigenvalue weighted by atomic mass is 10.1. The molecular weight excluding hydrogens is 437 g/mol. The molecule has 1 atom stereocenters. The van der Waals surface area contributed by atoms with Gasteiger partial charge in [-0.3, -0.25) is 9.78 Å². The second-order valence-electron chi connectivity index (χ2n) is 8.66. The lowest BCUT2D eigenvalue weighted by Crippen LogP contribution is -2.49. The highest BCUT2D eigenvalue weighted by molar-refractivity contribution is 5.86. The van der Waals surface area contributed by atoms with Crippen molar-refractivity contribution in [2.24, 2.45) is 0 Å². The fourth-order valence-electron chi connectivity index (χ4n) is 3.09. The number of ether oxygens (including phenoxy) is 2. The summed E-state index contributed by atoms with van der Waals surface area (Å²) in [6.07, 6.45) is 2.67. The van der Waals surface area contributed by atoms with Crippen LogP contribution in [-0.2, 0) is 22.5 Å². The van der Waals surface area contributed by atoms with E-state index >= 15 is 0 Å². The number of rotatable bonds is 8. The third kappa shape index (κ3) is 7.88. The molecule has 3 aromatic rings. The number of amides is 2. The minimum Gasteiger partial charge on any atom is -0.453 e. The summed E-state index contributed by atoms with van der Waals surface area (Å²) in [7, 11) is 0. The van der Waals surface area contributed by atoms with Crippen molar-refractivity contribution in [2.45, 2.75) is 45.4 Å². The van der Waals surface area contributed by atoms with Crippen LogP contribution in [0.5, 0.6) is 11.5 Å². The van der Waals surface area contributed by atoms with Crippen LogP contribution in [0.15, 0.2) is 73.1 Å². The van der Waals surface area contributed by atoms with E-state index in [2.05, 4.69) is 15.6 Å². The van der Waals surface area contributed by atoms with Crippen molar-refractivity contribution in [3.63, 3.8) is 0 Å². The minimum atomic E-state index is -0.865. The van der Waals surface area contributed by atoms with E-state index in [-0.39, 0.29) is 18.7 Å². The molecule has 2 amide bonds. The molecule has 34 heavy (non-hydrogen) atoms. The Morgan fingerprint density at radius 3 is 2.44 bits per heavy atom. The van der Waals surface area contributed by atoms with Gasteiger partial charge in [-0.1, -0.05) is 36.4 Å². The molecule has 0 aliphatic rings. The van der Waals surface area contributed by atoms with Gasteiger partial charge >= 0.3 is 6.09 Å². The van der Waals surface area contributed by atoms with Crippen molar-refractivity contribution in [2.75, 3.05) is 0 Å². The summed E-state index contributed by atoms with van der Waals surface area (Å²) >= 11 is 0. The molecule has 0 saturated heterocycles. The third-order valence-corrected chi connectivity index (χ3v) is 4.62. The Morgan fingerprint density at radius 1 is 1.03 bits per heavy atom. The van der Waals surface area contributed by atoms with Crippen LogP contribution < -0.4 is 15.4 Å². The first-order valence-electron chi connectivity index (χ1n) is 10.9. The molecule has 0 bridgehead atoms. The van der Waals surface area contributed by atoms with E-state index in [4.69, 9.17) is 9.47 Å². The van der Waals surface area contributed by atoms with Gasteiger partial charge in [0.15, 0.2) is 11.6 Å². The zero-order valence-corrected chi connectivity index (χ0v) is 19.4. The molecule has 3 rings (SSSR count). The normalized spacial score (nSPS) is 11.9. The summed E-state index contributed by atoms with van der Waals surface area (Å²) in [4.78, 5) is 29.1. The summed E-state index contributed by atoms with van der Waals surface area (Å²) in [6.45, 7) is 5.31. The number of hydrogen-bond acceptors (Lipinski definition) is 5. The van der Waals surface area contributed by atoms with Crippen LogP contribution >= 0.6 is 0 Å². The van der Waals surface area contributed by atoms with Crippen molar-refractivity contribution in [3.8, 4) is 11.5 Å². The Hall–Kier alpha value is -3.94. The Balaban J connectivity index is 1.64. The van der Waals surface area contributed by atoms with E-state index in [1.54, 1.807) is 45.2 Å². The maximum absolute atomic E-state index is 14.5. The average molecular weight is 466 g/mol. The quantitative estimate of drug-likeness (QED) is 0.500. The fourth-order valence-corrected chi connectivity index (χ4v) is 3.09. The van der Waals surface area contributed by atoms with Gasteiger partial charge in [0.2, 0.25) is 5.91 Å². The van der Waals surface area contributed by atoms with Crippen molar-refractivity contribution < 1.29 is 23.5 Å². The van der Waals surface area contributed by atoms with Crippen LogP contribution in [0.3, 0.4) is 0 Å². The van der Waals surface area contributed by atoms with Gasteiger partial charge in [-0.2, -0.15) is 0 Å². The van der Waals surface area contributed by atoms with Gasteiger partial charge in [0, 0.05) is 19.2 Å². The zero-order chi connectivity index (χ0) is 24.6. The number of carbonyl (C=O) groups is 2. The van der Waals surface area contributed by atoms with Crippen LogP contribution in [0.25, 0.3) is 0 Å². The number of pyridine rings is 1. The Labute approximate surface area is 198 Å². The maximum atomic E-state index is 14.5. The van der Waals surface area contributed by atoms with Gasteiger partial charge in [0.1, 0.15) is 17.4 Å². The number of nitrogens with zero attached hydrogens (tertiary/aromatic N) is 1. The average Bonchev–Trinajstić information content (AvgIpc) is 2.79. The highest BCUT2D eigenvalue weighted by Gasteiger charge is 2.24. The molecule has 0 aliphatic heterocycles. The molecule has 178 valence electrons. The van der Waals surface area contributed by atoms with E-state index in [9.17, 15) is 14.0 Å². The van der Waals surface area contributed by atoms with Gasteiger partial charge in [0.05, 0.1) is 6.20 Å². The van der Waals surface area contributed by atoms with E-state index in [0.29, 0.717) is 11.3 Å². The van der Waals surface area contributed by atoms with Gasteiger partial charge in [-0.05, 0) is 56.2 Å². The summed E-state index contributed by atoms with van der Waals surface area (Å²) < 4.78 is 25.3. The van der Waals surface area contributed by atoms with E-state index in [1.165, 1.54) is 18.3 Å². The molecule has 1 heterocycles. The van der Waals surface area contributed by atoms with Gasteiger partial charge in [-0.25, -0.2) is 9.18 Å².